The van der Waals surface area contributed by atoms with Gasteiger partial charge in [-0.2, -0.15) is 47.9 Å². The molecule has 17 heteroatoms. The van der Waals surface area contributed by atoms with Crippen molar-refractivity contribution in [2.24, 2.45) is 5.41 Å². The van der Waals surface area contributed by atoms with Crippen LogP contribution in [-0.4, -0.2) is 44.6 Å². The number of ether oxygens (including phenoxy) is 2. The topological polar surface area (TPSA) is 84.9 Å². The minimum absolute atomic E-state index is 0.0259. The number of aryl methyl sites for hydroxylation is 1. The van der Waals surface area contributed by atoms with Gasteiger partial charge in [0.25, 0.3) is 0 Å². The second-order valence-corrected chi connectivity index (χ2v) is 14.0. The molecule has 0 saturated carbocycles. The van der Waals surface area contributed by atoms with Crippen LogP contribution in [0.3, 0.4) is 0 Å². The summed E-state index contributed by atoms with van der Waals surface area (Å²) >= 11 is 0. The van der Waals surface area contributed by atoms with Gasteiger partial charge in [-0.05, 0) is 91.1 Å². The number of hydrogen-bond donors (Lipinski definition) is 1. The lowest BCUT2D eigenvalue weighted by Gasteiger charge is -2.36. The largest absolute Gasteiger partial charge is 0.516 e. The molecule has 2 aliphatic rings. The highest BCUT2D eigenvalue weighted by molar-refractivity contribution is 7.93. The van der Waals surface area contributed by atoms with E-state index in [-0.39, 0.29) is 40.6 Å². The molecule has 1 saturated heterocycles. The number of carbonyl (C=O) groups is 1. The Kier molecular flexibility index (Phi) is 9.33. The van der Waals surface area contributed by atoms with Gasteiger partial charge in [-0.15, -0.1) is 0 Å². The third-order valence-electron chi connectivity index (χ3n) is 8.28. The number of rotatable bonds is 7. The molecule has 2 atom stereocenters. The van der Waals surface area contributed by atoms with E-state index >= 15 is 0 Å². The van der Waals surface area contributed by atoms with E-state index in [4.69, 9.17) is 9.47 Å². The Morgan fingerprint density at radius 3 is 2.06 bits per heavy atom. The molecule has 2 aromatic rings. The fourth-order valence-corrected chi connectivity index (χ4v) is 6.42. The summed E-state index contributed by atoms with van der Waals surface area (Å²) < 4.78 is 157. The first-order valence-corrected chi connectivity index (χ1v) is 15.6. The molecule has 1 aliphatic carbocycles. The highest BCUT2D eigenvalue weighted by Crippen LogP contribution is 2.47. The minimum atomic E-state index is -5.78. The maximum atomic E-state index is 13.5. The zero-order valence-corrected chi connectivity index (χ0v) is 26.5. The van der Waals surface area contributed by atoms with Gasteiger partial charge >= 0.3 is 34.0 Å². The number of allylic oxidation sites excluding steroid dienone is 1. The van der Waals surface area contributed by atoms with Crippen molar-refractivity contribution in [1.82, 2.24) is 4.90 Å². The number of nitrogens with zero attached hydrogens (tertiary/aromatic N) is 1. The van der Waals surface area contributed by atoms with Gasteiger partial charge in [0.15, 0.2) is 0 Å². The van der Waals surface area contributed by atoms with Gasteiger partial charge in [0, 0.05) is 12.1 Å². The lowest BCUT2D eigenvalue weighted by atomic mass is 9.72. The molecule has 0 radical (unpaired) electrons. The monoisotopic (exact) mass is 702 g/mol. The second-order valence-electron chi connectivity index (χ2n) is 12.4. The predicted octanol–water partition coefficient (Wildman–Crippen LogP) is 8.85. The quantitative estimate of drug-likeness (QED) is 0.292. The lowest BCUT2D eigenvalue weighted by Crippen LogP contribution is -2.35. The van der Waals surface area contributed by atoms with Crippen molar-refractivity contribution in [3.63, 3.8) is 0 Å². The van der Waals surface area contributed by atoms with Crippen molar-refractivity contribution in [3.05, 3.63) is 63.7 Å². The maximum Gasteiger partial charge on any atom is 0.516 e. The molecule has 260 valence electrons. The van der Waals surface area contributed by atoms with Gasteiger partial charge in [0.1, 0.15) is 11.9 Å². The Morgan fingerprint density at radius 2 is 1.55 bits per heavy atom. The number of methoxy groups -OCH3 is 1. The van der Waals surface area contributed by atoms with E-state index in [2.05, 4.69) is 0 Å². The van der Waals surface area contributed by atoms with Gasteiger partial charge < -0.3 is 9.47 Å². The molecule has 1 N–H and O–H groups in total. The third kappa shape index (κ3) is 7.59. The molecule has 2 aromatic carbocycles. The normalized spacial score (nSPS) is 20.8. The molecule has 47 heavy (non-hydrogen) atoms. The average molecular weight is 703 g/mol. The van der Waals surface area contributed by atoms with Crippen LogP contribution in [-0.2, 0) is 27.1 Å². The number of nitrogens with one attached hydrogen (secondary N) is 1. The van der Waals surface area contributed by atoms with Crippen LogP contribution in [0, 0.1) is 12.3 Å². The van der Waals surface area contributed by atoms with Crippen LogP contribution in [0.15, 0.2) is 35.9 Å². The molecule has 4 rings (SSSR count). The number of benzene rings is 2. The molecule has 1 fully saturated rings. The number of amides is 1. The van der Waals surface area contributed by atoms with Gasteiger partial charge in [-0.3, -0.25) is 9.62 Å². The number of carbonyl (C=O) groups excluding carboxylic acids is 1. The summed E-state index contributed by atoms with van der Waals surface area (Å²) in [6.45, 7) is 6.44. The first kappa shape index (κ1) is 36.2. The summed E-state index contributed by atoms with van der Waals surface area (Å²) in [6.07, 6.45) is -11.5. The van der Waals surface area contributed by atoms with Crippen LogP contribution in [0.1, 0.15) is 74.0 Å². The summed E-state index contributed by atoms with van der Waals surface area (Å²) in [7, 11) is -4.47. The Bertz CT molecular complexity index is 1660. The van der Waals surface area contributed by atoms with Crippen molar-refractivity contribution >= 4 is 27.4 Å². The number of halogens is 9. The molecule has 1 heterocycles. The zero-order valence-electron chi connectivity index (χ0n) is 25.7. The molecule has 7 nitrogen and oxygen atoms in total. The first-order valence-electron chi connectivity index (χ1n) is 14.1. The van der Waals surface area contributed by atoms with Crippen molar-refractivity contribution in [2.45, 2.75) is 77.0 Å². The fraction of sp³-hybridized carbons (Fsp3) is 0.500. The van der Waals surface area contributed by atoms with Crippen molar-refractivity contribution in [2.75, 3.05) is 18.4 Å². The molecule has 0 spiro atoms. The molecule has 1 amide bonds. The number of hydrogen-bond acceptors (Lipinski definition) is 5. The summed E-state index contributed by atoms with van der Waals surface area (Å²) in [4.78, 5) is 14.3. The van der Waals surface area contributed by atoms with E-state index in [9.17, 15) is 52.7 Å². The van der Waals surface area contributed by atoms with E-state index < -0.39 is 62.8 Å². The first-order chi connectivity index (χ1) is 21.3. The van der Waals surface area contributed by atoms with Gasteiger partial charge in [-0.1, -0.05) is 13.8 Å². The van der Waals surface area contributed by atoms with Crippen LogP contribution in [0.4, 0.5) is 50.0 Å². The van der Waals surface area contributed by atoms with Crippen LogP contribution in [0.2, 0.25) is 0 Å². The van der Waals surface area contributed by atoms with Crippen molar-refractivity contribution < 1.29 is 62.2 Å². The van der Waals surface area contributed by atoms with Crippen LogP contribution in [0.5, 0.6) is 5.75 Å². The summed E-state index contributed by atoms with van der Waals surface area (Å²) in [5.74, 6) is 0.197. The van der Waals surface area contributed by atoms with E-state index in [1.54, 1.807) is 4.72 Å². The van der Waals surface area contributed by atoms with Crippen molar-refractivity contribution in [3.8, 4) is 5.75 Å². The van der Waals surface area contributed by atoms with E-state index in [0.717, 1.165) is 4.90 Å². The van der Waals surface area contributed by atoms with Gasteiger partial charge in [-0.25, -0.2) is 4.79 Å². The Hall–Kier alpha value is -3.63. The summed E-state index contributed by atoms with van der Waals surface area (Å²) in [5, 5.41) is 0. The third-order valence-corrected chi connectivity index (χ3v) is 9.38. The number of cyclic esters (lactones) is 1. The minimum Gasteiger partial charge on any atom is -0.496 e. The van der Waals surface area contributed by atoms with Crippen LogP contribution < -0.4 is 9.46 Å². The lowest BCUT2D eigenvalue weighted by molar-refractivity contribution is -0.143. The zero-order chi connectivity index (χ0) is 35.5. The van der Waals surface area contributed by atoms with Crippen LogP contribution in [0.25, 0.3) is 5.57 Å². The van der Waals surface area contributed by atoms with Gasteiger partial charge in [0.2, 0.25) is 0 Å². The van der Waals surface area contributed by atoms with Gasteiger partial charge in [0.05, 0.1) is 30.0 Å². The number of alkyl halides is 9. The summed E-state index contributed by atoms with van der Waals surface area (Å²) in [6, 6.07) is 2.48. The molecular weight excluding hydrogens is 671 g/mol. The standard InChI is InChI=1S/C30H31F9N2O5S/c1-15-8-24(45-5)22(12-23(15)40-47(43,44)30(37,38)39)21-6-7-27(3,4)13-18(21)14-41-16(2)25(46-26(41)42)17-9-19(28(31,32)33)11-20(10-17)29(34,35)36/h8-12,16,25,40H,6-7,13-14H2,1-5H3/t16-,25-/m0/s1. The fourth-order valence-electron chi connectivity index (χ4n) is 5.80. The molecule has 0 aromatic heterocycles. The van der Waals surface area contributed by atoms with Crippen LogP contribution >= 0.6 is 0 Å². The van der Waals surface area contributed by atoms with E-state index in [1.807, 2.05) is 13.8 Å². The summed E-state index contributed by atoms with van der Waals surface area (Å²) in [5.41, 5.74) is -8.49. The smallest absolute Gasteiger partial charge is 0.496 e. The second kappa shape index (κ2) is 12.1. The Labute approximate surface area is 264 Å². The number of anilines is 1. The molecule has 0 bridgehead atoms. The Morgan fingerprint density at radius 1 is 0.979 bits per heavy atom. The predicted molar refractivity (Wildman–Crippen MR) is 153 cm³/mol. The van der Waals surface area contributed by atoms with Crippen molar-refractivity contribution in [1.29, 1.82) is 0 Å². The van der Waals surface area contributed by atoms with E-state index in [0.29, 0.717) is 42.5 Å². The number of sulfonamides is 1. The molecular formula is C30H31F9N2O5S. The highest BCUT2D eigenvalue weighted by atomic mass is 32.2. The van der Waals surface area contributed by atoms with E-state index in [1.165, 1.54) is 33.1 Å². The molecule has 1 aliphatic heterocycles. The highest BCUT2D eigenvalue weighted by Gasteiger charge is 2.47. The maximum absolute atomic E-state index is 13.5. The molecule has 0 unspecified atom stereocenters. The SMILES string of the molecule is COc1cc(C)c(NS(=O)(=O)C(F)(F)F)cc1C1=C(CN2C(=O)O[C@H](c3cc(C(F)(F)F)cc(C(F)(F)F)c3)[C@@H]2C)CC(C)(C)CC1. The average Bonchev–Trinajstić information content (AvgIpc) is 3.20. The Balaban J connectivity index is 1.78.